The summed E-state index contributed by atoms with van der Waals surface area (Å²) < 4.78 is 0. The van der Waals surface area contributed by atoms with Crippen molar-refractivity contribution in [2.24, 2.45) is 0 Å². The molecule has 42 valence electrons. The van der Waals surface area contributed by atoms with E-state index < -0.39 is 0 Å². The van der Waals surface area contributed by atoms with E-state index in [9.17, 15) is 0 Å². The molecule has 7 heavy (non-hydrogen) atoms. The molecule has 1 fully saturated rings. The molecule has 0 aromatic carbocycles. The quantitative estimate of drug-likeness (QED) is 0.548. The summed E-state index contributed by atoms with van der Waals surface area (Å²) in [5.41, 5.74) is 0. The molecule has 0 unspecified atom stereocenters. The molecule has 1 saturated heterocycles. The Morgan fingerprint density at radius 1 is 0.714 bits per heavy atom. The van der Waals surface area contributed by atoms with Gasteiger partial charge in [0.05, 0.1) is 0 Å². The summed E-state index contributed by atoms with van der Waals surface area (Å²) in [4.78, 5) is 0. The van der Waals surface area contributed by atoms with Gasteiger partial charge in [0.2, 0.25) is 0 Å². The SMILES string of the molecule is C1CC[Se][Se]CC1. The molecule has 0 atom stereocenters. The predicted molar refractivity (Wildman–Crippen MR) is 35.0 cm³/mol. The summed E-state index contributed by atoms with van der Waals surface area (Å²) in [6.45, 7) is 0. The van der Waals surface area contributed by atoms with Crippen LogP contribution in [0.4, 0.5) is 0 Å². The first kappa shape index (κ1) is 6.16. The minimum absolute atomic E-state index is 1.10. The number of hydrogen-bond donors (Lipinski definition) is 0. The zero-order valence-corrected chi connectivity index (χ0v) is 7.78. The van der Waals surface area contributed by atoms with Crippen molar-refractivity contribution in [3.63, 3.8) is 0 Å². The first-order chi connectivity index (χ1) is 3.50. The van der Waals surface area contributed by atoms with E-state index in [0.717, 1.165) is 26.3 Å². The first-order valence-electron chi connectivity index (χ1n) is 2.74. The molecule has 0 N–H and O–H groups in total. The van der Waals surface area contributed by atoms with E-state index in [2.05, 4.69) is 0 Å². The number of rotatable bonds is 0. The maximum atomic E-state index is 1.59. The summed E-state index contributed by atoms with van der Waals surface area (Å²) >= 11 is 2.20. The Bertz CT molecular complexity index is 25.7. The van der Waals surface area contributed by atoms with Crippen LogP contribution in [0.5, 0.6) is 0 Å². The average molecular weight is 228 g/mol. The molecule has 1 heterocycles. The van der Waals surface area contributed by atoms with Crippen LogP contribution < -0.4 is 0 Å². The Morgan fingerprint density at radius 2 is 1.29 bits per heavy atom. The zero-order valence-electron chi connectivity index (χ0n) is 4.35. The van der Waals surface area contributed by atoms with Crippen molar-refractivity contribution in [1.82, 2.24) is 0 Å². The molecule has 0 nitrogen and oxygen atoms in total. The molecule has 0 saturated carbocycles. The molecule has 0 bridgehead atoms. The maximum absolute atomic E-state index is 1.59. The van der Waals surface area contributed by atoms with Gasteiger partial charge in [-0.3, -0.25) is 0 Å². The van der Waals surface area contributed by atoms with Crippen LogP contribution in [0, 0.1) is 0 Å². The van der Waals surface area contributed by atoms with E-state index >= 15 is 0 Å². The fraction of sp³-hybridized carbons (Fsp3) is 1.00. The second-order valence-corrected chi connectivity index (χ2v) is 9.55. The normalized spacial score (nSPS) is 24.0. The third-order valence-corrected chi connectivity index (χ3v) is 8.75. The van der Waals surface area contributed by atoms with Gasteiger partial charge in [0, 0.05) is 0 Å². The molecular formula is C5H10Se2. The molecule has 0 aromatic heterocycles. The van der Waals surface area contributed by atoms with E-state index in [1.165, 1.54) is 6.42 Å². The summed E-state index contributed by atoms with van der Waals surface area (Å²) in [7, 11) is 0. The Hall–Kier alpha value is 1.04. The predicted octanol–water partition coefficient (Wildman–Crippen LogP) is 1.33. The first-order valence-corrected chi connectivity index (χ1v) is 9.50. The van der Waals surface area contributed by atoms with Gasteiger partial charge in [0.1, 0.15) is 0 Å². The van der Waals surface area contributed by atoms with Gasteiger partial charge >= 0.3 is 56.2 Å². The van der Waals surface area contributed by atoms with Gasteiger partial charge in [-0.15, -0.1) is 0 Å². The van der Waals surface area contributed by atoms with Crippen molar-refractivity contribution in [2.45, 2.75) is 29.9 Å². The Morgan fingerprint density at radius 3 is 1.86 bits per heavy atom. The van der Waals surface area contributed by atoms with Gasteiger partial charge in [0.25, 0.3) is 0 Å². The van der Waals surface area contributed by atoms with Crippen LogP contribution in [0.2, 0.25) is 10.6 Å². The second kappa shape index (κ2) is 3.97. The average Bonchev–Trinajstić information content (AvgIpc) is 1.90. The molecule has 1 aliphatic rings. The summed E-state index contributed by atoms with van der Waals surface area (Å²) in [6.07, 6.45) is 4.62. The van der Waals surface area contributed by atoms with Crippen molar-refractivity contribution < 1.29 is 0 Å². The second-order valence-electron chi connectivity index (χ2n) is 1.70. The Kier molecular flexibility index (Phi) is 3.50. The topological polar surface area (TPSA) is 0 Å². The van der Waals surface area contributed by atoms with Crippen molar-refractivity contribution in [2.75, 3.05) is 0 Å². The fourth-order valence-electron chi connectivity index (χ4n) is 0.617. The molecule has 0 aromatic rings. The van der Waals surface area contributed by atoms with Crippen LogP contribution in [0.25, 0.3) is 0 Å². The van der Waals surface area contributed by atoms with Crippen LogP contribution in [0.3, 0.4) is 0 Å². The number of hydrogen-bond acceptors (Lipinski definition) is 0. The van der Waals surface area contributed by atoms with Crippen molar-refractivity contribution in [3.05, 3.63) is 0 Å². The zero-order chi connectivity index (χ0) is 4.95. The van der Waals surface area contributed by atoms with Crippen molar-refractivity contribution in [1.29, 1.82) is 0 Å². The molecule has 0 amide bonds. The molecule has 0 radical (unpaired) electrons. The van der Waals surface area contributed by atoms with E-state index in [1.807, 2.05) is 0 Å². The molecule has 1 aliphatic heterocycles. The fourth-order valence-corrected chi connectivity index (χ4v) is 7.60. The van der Waals surface area contributed by atoms with Gasteiger partial charge < -0.3 is 0 Å². The Labute approximate surface area is 56.3 Å². The van der Waals surface area contributed by atoms with Gasteiger partial charge in [-0.25, -0.2) is 0 Å². The van der Waals surface area contributed by atoms with Crippen LogP contribution >= 0.6 is 0 Å². The van der Waals surface area contributed by atoms with Crippen molar-refractivity contribution >= 4 is 26.3 Å². The van der Waals surface area contributed by atoms with Crippen LogP contribution in [-0.4, -0.2) is 26.3 Å². The van der Waals surface area contributed by atoms with Gasteiger partial charge in [-0.05, 0) is 0 Å². The molecule has 0 spiro atoms. The van der Waals surface area contributed by atoms with E-state index in [1.54, 1.807) is 23.5 Å². The Balaban J connectivity index is 2.04. The summed E-state index contributed by atoms with van der Waals surface area (Å²) in [5, 5.41) is 3.18. The summed E-state index contributed by atoms with van der Waals surface area (Å²) in [6, 6.07) is 0. The molecule has 0 aliphatic carbocycles. The minimum atomic E-state index is 1.10. The third kappa shape index (κ3) is 2.77. The standard InChI is InChI=1S/C5H10Se2/c1-2-4-6-7-5-3-1/h1-5H2. The van der Waals surface area contributed by atoms with Crippen molar-refractivity contribution in [3.8, 4) is 0 Å². The van der Waals surface area contributed by atoms with Crippen LogP contribution in [-0.2, 0) is 0 Å². The van der Waals surface area contributed by atoms with Gasteiger partial charge in [0.15, 0.2) is 0 Å². The summed E-state index contributed by atoms with van der Waals surface area (Å²) in [5.74, 6) is 0. The molecule has 2 heteroatoms. The van der Waals surface area contributed by atoms with Gasteiger partial charge in [-0.1, -0.05) is 0 Å². The van der Waals surface area contributed by atoms with E-state index in [0.29, 0.717) is 0 Å². The van der Waals surface area contributed by atoms with E-state index in [4.69, 9.17) is 0 Å². The molecule has 1 rings (SSSR count). The molecular weight excluding hydrogens is 218 g/mol. The van der Waals surface area contributed by atoms with Gasteiger partial charge in [-0.2, -0.15) is 0 Å². The van der Waals surface area contributed by atoms with Crippen LogP contribution in [0.1, 0.15) is 19.3 Å². The third-order valence-electron chi connectivity index (χ3n) is 1.04. The van der Waals surface area contributed by atoms with E-state index in [-0.39, 0.29) is 0 Å². The monoisotopic (exact) mass is 230 g/mol. The van der Waals surface area contributed by atoms with Crippen LogP contribution in [0.15, 0.2) is 0 Å².